The molecule has 0 bridgehead atoms. The van der Waals surface area contributed by atoms with Gasteiger partial charge in [-0.1, -0.05) is 22.4 Å². The normalized spacial score (nSPS) is 16.5. The van der Waals surface area contributed by atoms with E-state index in [2.05, 4.69) is 15.3 Å². The predicted octanol–water partition coefficient (Wildman–Crippen LogP) is 4.22. The minimum atomic E-state index is -0.397. The number of furan rings is 1. The molecule has 1 aromatic carbocycles. The molecule has 4 heterocycles. The Labute approximate surface area is 176 Å². The molecular weight excluding hydrogens is 403 g/mol. The Morgan fingerprint density at radius 1 is 1.13 bits per heavy atom. The van der Waals surface area contributed by atoms with E-state index >= 15 is 0 Å². The van der Waals surface area contributed by atoms with Crippen molar-refractivity contribution >= 4 is 5.91 Å². The van der Waals surface area contributed by atoms with Crippen LogP contribution in [0.1, 0.15) is 29.2 Å². The maximum Gasteiger partial charge on any atom is 0.276 e. The van der Waals surface area contributed by atoms with Crippen LogP contribution in [0.4, 0.5) is 4.39 Å². The Balaban J connectivity index is 1.25. The molecular formula is C22H19FN4O4. The van der Waals surface area contributed by atoms with Crippen molar-refractivity contribution in [2.45, 2.75) is 19.3 Å². The number of hydrogen-bond donors (Lipinski definition) is 0. The van der Waals surface area contributed by atoms with Crippen LogP contribution in [0.5, 0.6) is 0 Å². The van der Waals surface area contributed by atoms with Crippen LogP contribution in [0.3, 0.4) is 0 Å². The van der Waals surface area contributed by atoms with E-state index < -0.39 is 5.82 Å². The number of rotatable bonds is 5. The second-order valence-corrected chi connectivity index (χ2v) is 7.51. The molecule has 0 N–H and O–H groups in total. The molecule has 1 saturated heterocycles. The van der Waals surface area contributed by atoms with E-state index in [1.807, 2.05) is 0 Å². The molecule has 31 heavy (non-hydrogen) atoms. The van der Waals surface area contributed by atoms with Crippen LogP contribution in [-0.2, 0) is 6.42 Å². The lowest BCUT2D eigenvalue weighted by Gasteiger charge is -2.31. The Hall–Kier alpha value is -3.75. The molecule has 9 heteroatoms. The zero-order chi connectivity index (χ0) is 21.2. The zero-order valence-corrected chi connectivity index (χ0v) is 16.5. The number of carbonyl (C=O) groups is 1. The molecule has 158 valence electrons. The number of benzene rings is 1. The quantitative estimate of drug-likeness (QED) is 0.475. The van der Waals surface area contributed by atoms with E-state index in [4.69, 9.17) is 13.5 Å². The monoisotopic (exact) mass is 422 g/mol. The van der Waals surface area contributed by atoms with Crippen molar-refractivity contribution in [2.75, 3.05) is 13.1 Å². The van der Waals surface area contributed by atoms with Crippen molar-refractivity contribution in [3.8, 4) is 22.9 Å². The summed E-state index contributed by atoms with van der Waals surface area (Å²) >= 11 is 0. The average molecular weight is 422 g/mol. The molecule has 0 saturated carbocycles. The van der Waals surface area contributed by atoms with E-state index in [0.717, 1.165) is 12.8 Å². The Bertz CT molecular complexity index is 1180. The van der Waals surface area contributed by atoms with Gasteiger partial charge in [-0.05, 0) is 43.0 Å². The lowest BCUT2D eigenvalue weighted by molar-refractivity contribution is 0.0657. The first kappa shape index (κ1) is 19.2. The molecule has 5 rings (SSSR count). The number of halogens is 1. The third-order valence-corrected chi connectivity index (χ3v) is 5.35. The first-order valence-electron chi connectivity index (χ1n) is 10.0. The lowest BCUT2D eigenvalue weighted by Crippen LogP contribution is -2.40. The molecule has 8 nitrogen and oxygen atoms in total. The molecule has 1 amide bonds. The molecule has 1 unspecified atom stereocenters. The zero-order valence-electron chi connectivity index (χ0n) is 16.5. The van der Waals surface area contributed by atoms with Crippen LogP contribution in [0.2, 0.25) is 0 Å². The summed E-state index contributed by atoms with van der Waals surface area (Å²) in [6, 6.07) is 11.4. The van der Waals surface area contributed by atoms with Gasteiger partial charge in [0.2, 0.25) is 17.5 Å². The smallest absolute Gasteiger partial charge is 0.276 e. The van der Waals surface area contributed by atoms with Crippen molar-refractivity contribution in [3.05, 3.63) is 66.1 Å². The number of nitrogens with zero attached hydrogens (tertiary/aromatic N) is 4. The first-order chi connectivity index (χ1) is 15.2. The molecule has 1 aliphatic rings. The third-order valence-electron chi connectivity index (χ3n) is 5.35. The van der Waals surface area contributed by atoms with Crippen LogP contribution in [-0.4, -0.2) is 39.2 Å². The molecule has 0 aliphatic carbocycles. The van der Waals surface area contributed by atoms with E-state index in [-0.39, 0.29) is 23.3 Å². The van der Waals surface area contributed by atoms with Crippen LogP contribution in [0.25, 0.3) is 22.9 Å². The van der Waals surface area contributed by atoms with E-state index in [9.17, 15) is 9.18 Å². The van der Waals surface area contributed by atoms with Crippen molar-refractivity contribution in [2.24, 2.45) is 5.92 Å². The van der Waals surface area contributed by atoms with Crippen molar-refractivity contribution in [1.29, 1.82) is 0 Å². The van der Waals surface area contributed by atoms with E-state index in [1.165, 1.54) is 12.3 Å². The van der Waals surface area contributed by atoms with Gasteiger partial charge >= 0.3 is 0 Å². The highest BCUT2D eigenvalue weighted by molar-refractivity contribution is 5.93. The Kier molecular flexibility index (Phi) is 5.07. The van der Waals surface area contributed by atoms with E-state index in [0.29, 0.717) is 42.5 Å². The SMILES string of the molecule is O=C(c1cc(-c2ccco2)on1)N1CCCC(Cc2nc(-c3ccccc3F)no2)C1. The highest BCUT2D eigenvalue weighted by atomic mass is 19.1. The van der Waals surface area contributed by atoms with Crippen molar-refractivity contribution in [1.82, 2.24) is 20.2 Å². The molecule has 1 atom stereocenters. The fraction of sp³-hybridized carbons (Fsp3) is 0.273. The van der Waals surface area contributed by atoms with Gasteiger partial charge in [0.05, 0.1) is 11.8 Å². The topological polar surface area (TPSA) is 98.4 Å². The van der Waals surface area contributed by atoms with Gasteiger partial charge in [-0.2, -0.15) is 4.98 Å². The number of piperidine rings is 1. The van der Waals surface area contributed by atoms with Crippen molar-refractivity contribution < 1.29 is 22.6 Å². The standard InChI is InChI=1S/C22H19FN4O4/c23-16-7-2-1-6-15(16)21-24-20(31-26-21)11-14-5-3-9-27(13-14)22(28)17-12-19(30-25-17)18-8-4-10-29-18/h1-2,4,6-8,10,12,14H,3,5,9,11,13H2. The molecule has 4 aromatic rings. The summed E-state index contributed by atoms with van der Waals surface area (Å²) in [7, 11) is 0. The largest absolute Gasteiger partial charge is 0.461 e. The summed E-state index contributed by atoms with van der Waals surface area (Å²) < 4.78 is 29.8. The van der Waals surface area contributed by atoms with Crippen LogP contribution in [0.15, 0.2) is 62.2 Å². The van der Waals surface area contributed by atoms with E-state index in [1.54, 1.807) is 41.3 Å². The maximum atomic E-state index is 14.0. The third kappa shape index (κ3) is 3.98. The molecule has 0 radical (unpaired) electrons. The average Bonchev–Trinajstić information content (AvgIpc) is 3.55. The summed E-state index contributed by atoms with van der Waals surface area (Å²) in [6.45, 7) is 1.18. The second kappa shape index (κ2) is 8.17. The number of likely N-dealkylation sites (tertiary alicyclic amines) is 1. The summed E-state index contributed by atoms with van der Waals surface area (Å²) in [6.07, 6.45) is 3.83. The summed E-state index contributed by atoms with van der Waals surface area (Å²) in [5.41, 5.74) is 0.544. The summed E-state index contributed by atoms with van der Waals surface area (Å²) in [5, 5.41) is 7.80. The molecule has 1 fully saturated rings. The van der Waals surface area contributed by atoms with Gasteiger partial charge in [0.15, 0.2) is 11.5 Å². The number of amides is 1. The number of hydrogen-bond acceptors (Lipinski definition) is 7. The minimum Gasteiger partial charge on any atom is -0.461 e. The van der Waals surface area contributed by atoms with Gasteiger partial charge in [-0.3, -0.25) is 4.79 Å². The minimum absolute atomic E-state index is 0.156. The fourth-order valence-electron chi connectivity index (χ4n) is 3.83. The predicted molar refractivity (Wildman–Crippen MR) is 106 cm³/mol. The number of aromatic nitrogens is 3. The van der Waals surface area contributed by atoms with Gasteiger partial charge in [-0.15, -0.1) is 0 Å². The first-order valence-corrected chi connectivity index (χ1v) is 10.0. The Morgan fingerprint density at radius 3 is 2.87 bits per heavy atom. The Morgan fingerprint density at radius 2 is 2.03 bits per heavy atom. The lowest BCUT2D eigenvalue weighted by atomic mass is 9.94. The van der Waals surface area contributed by atoms with Crippen molar-refractivity contribution in [3.63, 3.8) is 0 Å². The van der Waals surface area contributed by atoms with Crippen LogP contribution >= 0.6 is 0 Å². The molecule has 3 aromatic heterocycles. The van der Waals surface area contributed by atoms with Gasteiger partial charge in [0, 0.05) is 25.6 Å². The molecule has 1 aliphatic heterocycles. The fourth-order valence-corrected chi connectivity index (χ4v) is 3.83. The summed E-state index contributed by atoms with van der Waals surface area (Å²) in [4.78, 5) is 19.0. The van der Waals surface area contributed by atoms with Gasteiger partial charge in [0.1, 0.15) is 5.82 Å². The maximum absolute atomic E-state index is 14.0. The highest BCUT2D eigenvalue weighted by Crippen LogP contribution is 2.26. The van der Waals surface area contributed by atoms with Crippen LogP contribution < -0.4 is 0 Å². The van der Waals surface area contributed by atoms with Gasteiger partial charge < -0.3 is 18.4 Å². The number of carbonyl (C=O) groups excluding carboxylic acids is 1. The summed E-state index contributed by atoms with van der Waals surface area (Å²) in [5.74, 6) is 1.15. The van der Waals surface area contributed by atoms with Gasteiger partial charge in [-0.25, -0.2) is 4.39 Å². The highest BCUT2D eigenvalue weighted by Gasteiger charge is 2.28. The van der Waals surface area contributed by atoms with Gasteiger partial charge in [0.25, 0.3) is 5.91 Å². The van der Waals surface area contributed by atoms with Crippen LogP contribution in [0, 0.1) is 11.7 Å². The molecule has 0 spiro atoms. The second-order valence-electron chi connectivity index (χ2n) is 7.51.